The molecule has 10 aromatic rings. The number of aryl methyl sites for hydroxylation is 10. The number of furan rings is 1. The molecule has 0 bridgehead atoms. The minimum atomic E-state index is 0.718. The Morgan fingerprint density at radius 3 is 1.55 bits per heavy atom. The number of rotatable bonds is 0. The number of thiophene rings is 1. The van der Waals surface area contributed by atoms with E-state index in [4.69, 9.17) is 13.3 Å². The molecule has 320 valence electrons. The Balaban J connectivity index is 0.000000333. The van der Waals surface area contributed by atoms with Gasteiger partial charge < -0.3 is 22.8 Å². The van der Waals surface area contributed by atoms with E-state index in [1.165, 1.54) is 38.3 Å². The highest BCUT2D eigenvalue weighted by atomic mass is 32.1. The minimum absolute atomic E-state index is 0.718. The molecule has 0 aliphatic rings. The van der Waals surface area contributed by atoms with Crippen molar-refractivity contribution in [1.29, 1.82) is 0 Å². The number of aromatic amines is 2. The van der Waals surface area contributed by atoms with E-state index in [0.29, 0.717) is 0 Å². The average Bonchev–Trinajstić information content (AvgIpc) is 4.06. The zero-order valence-corrected chi connectivity index (χ0v) is 38.9. The van der Waals surface area contributed by atoms with Gasteiger partial charge in [0.25, 0.3) is 0 Å². The van der Waals surface area contributed by atoms with Crippen molar-refractivity contribution in [2.75, 3.05) is 0 Å². The maximum atomic E-state index is 4.83. The van der Waals surface area contributed by atoms with Gasteiger partial charge in [0.1, 0.15) is 23.5 Å². The second-order valence-electron chi connectivity index (χ2n) is 11.6. The van der Waals surface area contributed by atoms with Crippen LogP contribution in [0.5, 0.6) is 0 Å². The van der Waals surface area contributed by atoms with Crippen LogP contribution >= 0.6 is 45.5 Å². The number of H-pyrrole nitrogens is 2. The van der Waals surface area contributed by atoms with Gasteiger partial charge in [0, 0.05) is 75.4 Å². The third-order valence-electron chi connectivity index (χ3n) is 6.08. The Bertz CT molecular complexity index is 1650. The molecule has 0 aromatic carbocycles. The van der Waals surface area contributed by atoms with Crippen molar-refractivity contribution in [1.82, 2.24) is 44.6 Å². The van der Waals surface area contributed by atoms with Crippen molar-refractivity contribution in [3.63, 3.8) is 0 Å². The molecule has 0 radical (unpaired) electrons. The van der Waals surface area contributed by atoms with Crippen LogP contribution in [0.1, 0.15) is 54.2 Å². The van der Waals surface area contributed by atoms with E-state index in [1.807, 2.05) is 115 Å². The van der Waals surface area contributed by atoms with Gasteiger partial charge in [0.2, 0.25) is 0 Å². The molecule has 17 heteroatoms. The van der Waals surface area contributed by atoms with E-state index in [-0.39, 0.29) is 0 Å². The molecule has 0 unspecified atom stereocenters. The van der Waals surface area contributed by atoms with E-state index in [1.54, 1.807) is 96.7 Å². The molecule has 0 saturated carbocycles. The average molecular weight is 890 g/mol. The molecule has 0 atom stereocenters. The van der Waals surface area contributed by atoms with E-state index in [9.17, 15) is 0 Å². The predicted octanol–water partition coefficient (Wildman–Crippen LogP) is 13.0. The molecule has 10 aromatic heterocycles. The number of nitrogens with one attached hydrogen (secondary N) is 2. The maximum Gasteiger partial charge on any atom is 0.190 e. The number of thiazole rings is 2. The summed E-state index contributed by atoms with van der Waals surface area (Å²) in [6.07, 6.45) is 18.6. The Hall–Kier alpha value is -6.01. The first kappa shape index (κ1) is 52.0. The van der Waals surface area contributed by atoms with E-state index < -0.39 is 0 Å². The van der Waals surface area contributed by atoms with Gasteiger partial charge in [-0.2, -0.15) is 5.10 Å². The van der Waals surface area contributed by atoms with Gasteiger partial charge in [-0.05, 0) is 122 Å². The summed E-state index contributed by atoms with van der Waals surface area (Å²) in [5, 5.41) is 15.1. The van der Waals surface area contributed by atoms with Crippen LogP contribution in [0.25, 0.3) is 0 Å². The van der Waals surface area contributed by atoms with Crippen LogP contribution in [-0.4, -0.2) is 44.6 Å². The van der Waals surface area contributed by atoms with Crippen molar-refractivity contribution < 1.29 is 17.8 Å². The van der Waals surface area contributed by atoms with Crippen LogP contribution in [0.3, 0.4) is 0 Å². The normalized spacial score (nSPS) is 8.83. The van der Waals surface area contributed by atoms with Crippen LogP contribution in [0.4, 0.5) is 0 Å². The topological polar surface area (TPSA) is 174 Å². The Morgan fingerprint density at radius 2 is 1.38 bits per heavy atom. The second-order valence-corrected chi connectivity index (χ2v) is 16.0. The molecule has 0 spiro atoms. The Kier molecular flexibility index (Phi) is 30.3. The molecule has 0 amide bonds. The van der Waals surface area contributed by atoms with Crippen LogP contribution in [0.15, 0.2) is 157 Å². The molecule has 13 nitrogen and oxygen atoms in total. The SMILES string of the molecule is Cc1ccc[nH]1.Cc1ccco1.Cc1cccs1.Cc1ccn[nH]1.Cc1ccno1.Cc1ccns1.Cc1cnco1.Cc1cncs1.Cc1ncco1.Cc1nccs1. The van der Waals surface area contributed by atoms with Crippen LogP contribution in [0.2, 0.25) is 0 Å². The number of oxazole rings is 2. The largest absolute Gasteiger partial charge is 0.470 e. The van der Waals surface area contributed by atoms with Gasteiger partial charge >= 0.3 is 0 Å². The summed E-state index contributed by atoms with van der Waals surface area (Å²) in [5.41, 5.74) is 4.15. The van der Waals surface area contributed by atoms with Gasteiger partial charge in [-0.3, -0.25) is 15.1 Å². The highest BCUT2D eigenvalue weighted by Gasteiger charge is 1.81. The number of hydrogen-bond acceptors (Lipinski definition) is 15. The fraction of sp³-hybridized carbons (Fsp3) is 0.233. The summed E-state index contributed by atoms with van der Waals surface area (Å²) in [7, 11) is 0. The number of aromatic nitrogens is 9. The summed E-state index contributed by atoms with van der Waals surface area (Å²) < 4.78 is 22.7. The smallest absolute Gasteiger partial charge is 0.190 e. The molecule has 60 heavy (non-hydrogen) atoms. The molecule has 10 rings (SSSR count). The van der Waals surface area contributed by atoms with E-state index in [0.717, 1.165) is 33.9 Å². The van der Waals surface area contributed by atoms with Gasteiger partial charge in [0.05, 0.1) is 35.4 Å². The Morgan fingerprint density at radius 1 is 0.550 bits per heavy atom. The Labute approximate surface area is 368 Å². The summed E-state index contributed by atoms with van der Waals surface area (Å²) >= 11 is 6.64. The lowest BCUT2D eigenvalue weighted by molar-refractivity contribution is 0.397. The summed E-state index contributed by atoms with van der Waals surface area (Å²) in [5.74, 6) is 3.40. The van der Waals surface area contributed by atoms with Crippen molar-refractivity contribution in [2.45, 2.75) is 69.2 Å². The molecule has 0 saturated heterocycles. The summed E-state index contributed by atoms with van der Waals surface area (Å²) in [4.78, 5) is 22.1. The standard InChI is InChI=1S/C5H7N.C5H6O.C5H6S.C4H6N2.3C4H5NO.3C4H5NS/c3*1-5-3-2-4-6-5;1-4-2-3-5-6-4;1-4-2-5-3-6-4;1-4-5-2-3-6-4;1-4-2-3-5-6-4;1-4-2-5-3-6-4;1-4-5-2-3-6-4;1-4-2-3-5-6-4/h2-4,6H,1H3;2*2-4H,1H3;2-3H,1H3,(H,5,6);6*2-3H,1H3. The lowest BCUT2D eigenvalue weighted by atomic mass is 10.5. The molecular weight excluding hydrogens is 835 g/mol. The van der Waals surface area contributed by atoms with E-state index >= 15 is 0 Å². The van der Waals surface area contributed by atoms with Crippen molar-refractivity contribution >= 4 is 45.5 Å². The molecular formula is C43H55N9O4S4. The quantitative estimate of drug-likeness (QED) is 0.148. The lowest BCUT2D eigenvalue weighted by Crippen LogP contribution is -1.65. The highest BCUT2D eigenvalue weighted by molar-refractivity contribution is 7.10. The molecule has 10 heterocycles. The van der Waals surface area contributed by atoms with E-state index in [2.05, 4.69) is 73.6 Å². The number of nitrogens with zero attached hydrogens (tertiary/aromatic N) is 7. The lowest BCUT2D eigenvalue weighted by Gasteiger charge is -1.70. The first-order valence-electron chi connectivity index (χ1n) is 18.2. The van der Waals surface area contributed by atoms with Crippen molar-refractivity contribution in [3.05, 3.63) is 194 Å². The van der Waals surface area contributed by atoms with Crippen LogP contribution < -0.4 is 0 Å². The fourth-order valence-corrected chi connectivity index (χ4v) is 4.96. The van der Waals surface area contributed by atoms with Crippen molar-refractivity contribution in [2.24, 2.45) is 0 Å². The van der Waals surface area contributed by atoms with Crippen LogP contribution in [0, 0.1) is 69.2 Å². The second kappa shape index (κ2) is 35.0. The summed E-state index contributed by atoms with van der Waals surface area (Å²) in [6.45, 7) is 19.6. The molecule has 0 aliphatic heterocycles. The predicted molar refractivity (Wildman–Crippen MR) is 246 cm³/mol. The first-order chi connectivity index (χ1) is 28.9. The minimum Gasteiger partial charge on any atom is -0.470 e. The van der Waals surface area contributed by atoms with Gasteiger partial charge in [-0.1, -0.05) is 11.2 Å². The fourth-order valence-electron chi connectivity index (χ4n) is 3.17. The maximum absolute atomic E-state index is 4.83. The number of hydrogen-bond donors (Lipinski definition) is 2. The zero-order chi connectivity index (χ0) is 44.1. The van der Waals surface area contributed by atoms with Crippen LogP contribution in [-0.2, 0) is 0 Å². The van der Waals surface area contributed by atoms with Crippen molar-refractivity contribution in [3.8, 4) is 0 Å². The molecule has 0 fully saturated rings. The molecule has 2 N–H and O–H groups in total. The molecule has 0 aliphatic carbocycles. The van der Waals surface area contributed by atoms with Gasteiger partial charge in [-0.25, -0.2) is 14.3 Å². The monoisotopic (exact) mass is 889 g/mol. The highest BCUT2D eigenvalue weighted by Crippen LogP contribution is 2.04. The third kappa shape index (κ3) is 33.0. The third-order valence-corrected chi connectivity index (χ3v) is 8.94. The first-order valence-corrected chi connectivity index (χ1v) is 21.6. The zero-order valence-electron chi connectivity index (χ0n) is 35.7. The van der Waals surface area contributed by atoms with Gasteiger partial charge in [0.15, 0.2) is 12.3 Å². The summed E-state index contributed by atoms with van der Waals surface area (Å²) in [6, 6.07) is 17.7. The van der Waals surface area contributed by atoms with Gasteiger partial charge in [-0.15, -0.1) is 34.0 Å².